The Kier molecular flexibility index (Phi) is 3.51. The monoisotopic (exact) mass is 300 g/mol. The molecule has 0 radical (unpaired) electrons. The quantitative estimate of drug-likeness (QED) is 0.483. The summed E-state index contributed by atoms with van der Waals surface area (Å²) in [5.41, 5.74) is 1.79. The summed E-state index contributed by atoms with van der Waals surface area (Å²) in [4.78, 5) is 17.4. The lowest BCUT2D eigenvalue weighted by Crippen LogP contribution is -2.01. The molecule has 100 valence electrons. The molecule has 0 bridgehead atoms. The van der Waals surface area contributed by atoms with Gasteiger partial charge in [-0.05, 0) is 42.9 Å². The van der Waals surface area contributed by atoms with E-state index in [-0.39, 0.29) is 11.4 Å². The summed E-state index contributed by atoms with van der Waals surface area (Å²) in [5.74, 6) is 0.392. The van der Waals surface area contributed by atoms with E-state index in [1.54, 1.807) is 17.4 Å². The number of hydrogen-bond acceptors (Lipinski definition) is 5. The molecule has 0 amide bonds. The zero-order valence-corrected chi connectivity index (χ0v) is 12.6. The first kappa shape index (κ1) is 13.2. The molecule has 0 spiro atoms. The van der Waals surface area contributed by atoms with Crippen molar-refractivity contribution in [1.29, 1.82) is 5.26 Å². The molecule has 3 nitrogen and oxygen atoms in total. The van der Waals surface area contributed by atoms with Gasteiger partial charge in [0.05, 0.1) is 15.6 Å². The summed E-state index contributed by atoms with van der Waals surface area (Å²) in [6.07, 6.45) is 4.01. The number of nitriles is 1. The molecule has 2 heterocycles. The summed E-state index contributed by atoms with van der Waals surface area (Å²) < 4.78 is 0. The molecule has 1 saturated carbocycles. The number of ketones is 1. The number of thiazole rings is 1. The Labute approximate surface area is 125 Å². The third kappa shape index (κ3) is 2.58. The van der Waals surface area contributed by atoms with Crippen molar-refractivity contribution in [1.82, 2.24) is 4.98 Å². The summed E-state index contributed by atoms with van der Waals surface area (Å²) >= 11 is 2.98. The molecule has 2 aromatic rings. The molecule has 0 N–H and O–H groups in total. The van der Waals surface area contributed by atoms with E-state index in [4.69, 9.17) is 0 Å². The molecule has 1 aliphatic carbocycles. The van der Waals surface area contributed by atoms with Gasteiger partial charge in [0.2, 0.25) is 5.78 Å². The fraction of sp³-hybridized carbons (Fsp3) is 0.267. The van der Waals surface area contributed by atoms with Crippen LogP contribution in [0, 0.1) is 18.3 Å². The van der Waals surface area contributed by atoms with Gasteiger partial charge in [-0.1, -0.05) is 0 Å². The molecule has 0 atom stereocenters. The Hall–Kier alpha value is -1.77. The number of aryl methyl sites for hydroxylation is 1. The van der Waals surface area contributed by atoms with Gasteiger partial charge < -0.3 is 0 Å². The number of allylic oxidation sites excluding steroid dienone is 1. The largest absolute Gasteiger partial charge is 0.287 e. The van der Waals surface area contributed by atoms with E-state index in [9.17, 15) is 10.1 Å². The van der Waals surface area contributed by atoms with Crippen LogP contribution in [0.25, 0.3) is 6.08 Å². The van der Waals surface area contributed by atoms with Crippen molar-refractivity contribution in [2.75, 3.05) is 0 Å². The van der Waals surface area contributed by atoms with E-state index in [1.165, 1.54) is 24.2 Å². The predicted molar refractivity (Wildman–Crippen MR) is 81.1 cm³/mol. The average molecular weight is 300 g/mol. The number of rotatable bonds is 4. The van der Waals surface area contributed by atoms with Crippen molar-refractivity contribution in [3.8, 4) is 6.07 Å². The minimum atomic E-state index is -0.207. The molecule has 0 aliphatic heterocycles. The van der Waals surface area contributed by atoms with Gasteiger partial charge in [-0.15, -0.1) is 22.7 Å². The second-order valence-electron chi connectivity index (χ2n) is 4.82. The summed E-state index contributed by atoms with van der Waals surface area (Å²) in [7, 11) is 0. The lowest BCUT2D eigenvalue weighted by Gasteiger charge is -1.96. The Morgan fingerprint density at radius 2 is 2.30 bits per heavy atom. The van der Waals surface area contributed by atoms with E-state index >= 15 is 0 Å². The van der Waals surface area contributed by atoms with E-state index in [0.29, 0.717) is 10.8 Å². The Morgan fingerprint density at radius 1 is 1.50 bits per heavy atom. The highest BCUT2D eigenvalue weighted by Gasteiger charge is 2.26. The van der Waals surface area contributed by atoms with E-state index < -0.39 is 0 Å². The first-order valence-corrected chi connectivity index (χ1v) is 8.11. The molecular formula is C15H12N2OS2. The van der Waals surface area contributed by atoms with E-state index in [2.05, 4.69) is 4.98 Å². The summed E-state index contributed by atoms with van der Waals surface area (Å²) in [6.45, 7) is 1.88. The first-order valence-electron chi connectivity index (χ1n) is 6.35. The van der Waals surface area contributed by atoms with Crippen LogP contribution in [0.1, 0.15) is 44.7 Å². The molecule has 2 aromatic heterocycles. The van der Waals surface area contributed by atoms with Gasteiger partial charge in [-0.2, -0.15) is 5.26 Å². The van der Waals surface area contributed by atoms with Gasteiger partial charge in [0.1, 0.15) is 11.6 Å². The standard InChI is InChI=1S/C15H12N2OS2/c1-9-4-5-19-14(9)13(18)11(7-16)6-12-8-20-15(17-12)10-2-3-10/h4-6,8,10H,2-3H2,1H3/b11-6+. The highest BCUT2D eigenvalue weighted by Crippen LogP contribution is 2.41. The van der Waals surface area contributed by atoms with Crippen molar-refractivity contribution < 1.29 is 4.79 Å². The van der Waals surface area contributed by atoms with Gasteiger partial charge in [0.25, 0.3) is 0 Å². The maximum absolute atomic E-state index is 12.3. The molecular weight excluding hydrogens is 288 g/mol. The molecule has 3 rings (SSSR count). The normalized spacial score (nSPS) is 15.1. The second-order valence-corrected chi connectivity index (χ2v) is 6.62. The number of hydrogen-bond donors (Lipinski definition) is 0. The van der Waals surface area contributed by atoms with Crippen LogP contribution in [-0.4, -0.2) is 10.8 Å². The Balaban J connectivity index is 1.88. The molecule has 1 fully saturated rings. The minimum absolute atomic E-state index is 0.156. The lowest BCUT2D eigenvalue weighted by atomic mass is 10.1. The van der Waals surface area contributed by atoms with Gasteiger partial charge in [0, 0.05) is 11.3 Å². The third-order valence-electron chi connectivity index (χ3n) is 3.19. The highest BCUT2D eigenvalue weighted by molar-refractivity contribution is 7.12. The fourth-order valence-corrected chi connectivity index (χ4v) is 3.74. The summed E-state index contributed by atoms with van der Waals surface area (Å²) in [6, 6.07) is 3.89. The van der Waals surface area contributed by atoms with Crippen LogP contribution in [0.15, 0.2) is 22.4 Å². The second kappa shape index (κ2) is 5.31. The SMILES string of the molecule is Cc1ccsc1C(=O)/C(C#N)=C/c1csc(C2CC2)n1. The van der Waals surface area contributed by atoms with Crippen molar-refractivity contribution >= 4 is 34.5 Å². The smallest absolute Gasteiger partial charge is 0.213 e. The number of carbonyl (C=O) groups is 1. The van der Waals surface area contributed by atoms with Gasteiger partial charge in [-0.25, -0.2) is 4.98 Å². The van der Waals surface area contributed by atoms with Crippen molar-refractivity contribution in [3.63, 3.8) is 0 Å². The molecule has 1 aliphatic rings. The zero-order valence-electron chi connectivity index (χ0n) is 10.9. The zero-order chi connectivity index (χ0) is 14.1. The Bertz CT molecular complexity index is 729. The van der Waals surface area contributed by atoms with E-state index in [1.807, 2.05) is 29.8 Å². The van der Waals surface area contributed by atoms with Gasteiger partial charge in [0.15, 0.2) is 0 Å². The molecule has 5 heteroatoms. The fourth-order valence-electron chi connectivity index (χ4n) is 1.91. The van der Waals surface area contributed by atoms with Gasteiger partial charge >= 0.3 is 0 Å². The third-order valence-corrected chi connectivity index (χ3v) is 5.23. The van der Waals surface area contributed by atoms with E-state index in [0.717, 1.165) is 16.3 Å². The topological polar surface area (TPSA) is 53.8 Å². The van der Waals surface area contributed by atoms with Crippen LogP contribution < -0.4 is 0 Å². The van der Waals surface area contributed by atoms with Crippen LogP contribution in [0.3, 0.4) is 0 Å². The number of thiophene rings is 1. The maximum Gasteiger partial charge on any atom is 0.213 e. The van der Waals surface area contributed by atoms with Crippen LogP contribution in [0.5, 0.6) is 0 Å². The lowest BCUT2D eigenvalue weighted by molar-refractivity contribution is 0.104. The van der Waals surface area contributed by atoms with Crippen LogP contribution in [0.4, 0.5) is 0 Å². The first-order chi connectivity index (χ1) is 9.69. The highest BCUT2D eigenvalue weighted by atomic mass is 32.1. The van der Waals surface area contributed by atoms with Crippen molar-refractivity contribution in [2.24, 2.45) is 0 Å². The number of Topliss-reactive ketones (excluding diaryl/α,β-unsaturated/α-hetero) is 1. The summed E-state index contributed by atoms with van der Waals surface area (Å²) in [5, 5.41) is 14.1. The number of carbonyl (C=O) groups excluding carboxylic acids is 1. The minimum Gasteiger partial charge on any atom is -0.287 e. The average Bonchev–Trinajstić information content (AvgIpc) is 3.04. The van der Waals surface area contributed by atoms with Crippen LogP contribution >= 0.6 is 22.7 Å². The van der Waals surface area contributed by atoms with Crippen molar-refractivity contribution in [2.45, 2.75) is 25.7 Å². The van der Waals surface area contributed by atoms with Crippen LogP contribution in [0.2, 0.25) is 0 Å². The van der Waals surface area contributed by atoms with Gasteiger partial charge in [-0.3, -0.25) is 4.79 Å². The maximum atomic E-state index is 12.3. The number of aromatic nitrogens is 1. The van der Waals surface area contributed by atoms with Crippen molar-refractivity contribution in [3.05, 3.63) is 43.5 Å². The molecule has 0 aromatic carbocycles. The molecule has 20 heavy (non-hydrogen) atoms. The molecule has 0 unspecified atom stereocenters. The van der Waals surface area contributed by atoms with Crippen LogP contribution in [-0.2, 0) is 0 Å². The molecule has 0 saturated heterocycles. The predicted octanol–water partition coefficient (Wildman–Crippen LogP) is 4.18. The Morgan fingerprint density at radius 3 is 2.90 bits per heavy atom. The number of nitrogens with zero attached hydrogens (tertiary/aromatic N) is 2.